The number of hydrogen-bond donors (Lipinski definition) is 1. The minimum Gasteiger partial charge on any atom is -0.317 e. The van der Waals surface area contributed by atoms with Crippen LogP contribution < -0.4 is 4.72 Å². The maximum atomic E-state index is 12.6. The van der Waals surface area contributed by atoms with E-state index >= 15 is 0 Å². The molecule has 2 nitrogen and oxygen atoms in total. The molecular formula is C16H13F3N2S. The predicted molar refractivity (Wildman–Crippen MR) is 83.2 cm³/mol. The molecule has 0 aliphatic heterocycles. The van der Waals surface area contributed by atoms with E-state index in [-0.39, 0.29) is 0 Å². The van der Waals surface area contributed by atoms with E-state index < -0.39 is 11.7 Å². The van der Waals surface area contributed by atoms with Gasteiger partial charge in [0.05, 0.1) is 11.1 Å². The summed E-state index contributed by atoms with van der Waals surface area (Å²) in [5.41, 5.74) is 1.03. The smallest absolute Gasteiger partial charge is 0.317 e. The van der Waals surface area contributed by atoms with Gasteiger partial charge in [-0.1, -0.05) is 0 Å². The van der Waals surface area contributed by atoms with Crippen molar-refractivity contribution in [1.29, 1.82) is 0 Å². The second kappa shape index (κ2) is 5.70. The number of halogens is 3. The van der Waals surface area contributed by atoms with Crippen LogP contribution in [0.5, 0.6) is 0 Å². The Morgan fingerprint density at radius 3 is 2.36 bits per heavy atom. The SMILES string of the molecule is CNSc1ccc2c(ccn2-c2ccc(C(F)(F)F)cc2)c1. The fourth-order valence-corrected chi connectivity index (χ4v) is 2.90. The monoisotopic (exact) mass is 322 g/mol. The van der Waals surface area contributed by atoms with Crippen molar-refractivity contribution in [2.45, 2.75) is 11.1 Å². The Morgan fingerprint density at radius 2 is 1.73 bits per heavy atom. The van der Waals surface area contributed by atoms with E-state index in [2.05, 4.69) is 4.72 Å². The van der Waals surface area contributed by atoms with Gasteiger partial charge in [-0.15, -0.1) is 0 Å². The first kappa shape index (κ1) is 15.0. The van der Waals surface area contributed by atoms with Gasteiger partial charge in [0.25, 0.3) is 0 Å². The van der Waals surface area contributed by atoms with Gasteiger partial charge < -0.3 is 4.57 Å². The Hall–Kier alpha value is -1.92. The molecule has 1 heterocycles. The van der Waals surface area contributed by atoms with Crippen LogP contribution in [0.25, 0.3) is 16.6 Å². The third kappa shape index (κ3) is 2.84. The molecular weight excluding hydrogens is 309 g/mol. The Labute approximate surface area is 130 Å². The molecule has 0 saturated heterocycles. The lowest BCUT2D eigenvalue weighted by molar-refractivity contribution is -0.137. The molecule has 0 fully saturated rings. The Kier molecular flexibility index (Phi) is 3.88. The van der Waals surface area contributed by atoms with E-state index in [1.54, 1.807) is 0 Å². The highest BCUT2D eigenvalue weighted by Crippen LogP contribution is 2.30. The summed E-state index contributed by atoms with van der Waals surface area (Å²) in [6.07, 6.45) is -2.45. The van der Waals surface area contributed by atoms with Crippen molar-refractivity contribution in [3.8, 4) is 5.69 Å². The summed E-state index contributed by atoms with van der Waals surface area (Å²) in [4.78, 5) is 1.08. The van der Waals surface area contributed by atoms with Crippen LogP contribution in [-0.2, 0) is 6.18 Å². The van der Waals surface area contributed by atoms with Gasteiger partial charge in [0.15, 0.2) is 0 Å². The lowest BCUT2D eigenvalue weighted by atomic mass is 10.2. The molecule has 0 saturated carbocycles. The average molecular weight is 322 g/mol. The summed E-state index contributed by atoms with van der Waals surface area (Å²) in [6, 6.07) is 13.1. The molecule has 0 spiro atoms. The molecule has 0 bridgehead atoms. The van der Waals surface area contributed by atoms with Crippen LogP contribution in [0.1, 0.15) is 5.56 Å². The number of nitrogens with one attached hydrogen (secondary N) is 1. The van der Waals surface area contributed by atoms with Gasteiger partial charge in [-0.25, -0.2) is 0 Å². The molecule has 1 N–H and O–H groups in total. The van der Waals surface area contributed by atoms with Crippen molar-refractivity contribution < 1.29 is 13.2 Å². The minimum atomic E-state index is -4.31. The Morgan fingerprint density at radius 1 is 1.00 bits per heavy atom. The van der Waals surface area contributed by atoms with E-state index in [1.165, 1.54) is 24.1 Å². The Balaban J connectivity index is 2.00. The average Bonchev–Trinajstić information content (AvgIpc) is 2.90. The molecule has 114 valence electrons. The fraction of sp³-hybridized carbons (Fsp3) is 0.125. The molecule has 0 amide bonds. The molecule has 3 rings (SSSR count). The van der Waals surface area contributed by atoms with Gasteiger partial charge >= 0.3 is 6.18 Å². The highest BCUT2D eigenvalue weighted by Gasteiger charge is 2.30. The summed E-state index contributed by atoms with van der Waals surface area (Å²) < 4.78 is 42.7. The van der Waals surface area contributed by atoms with Crippen LogP contribution in [0.15, 0.2) is 59.6 Å². The summed E-state index contributed by atoms with van der Waals surface area (Å²) in [5.74, 6) is 0. The van der Waals surface area contributed by atoms with Crippen molar-refractivity contribution in [3.63, 3.8) is 0 Å². The quantitative estimate of drug-likeness (QED) is 0.693. The van der Waals surface area contributed by atoms with Crippen LogP contribution in [0.4, 0.5) is 13.2 Å². The van der Waals surface area contributed by atoms with E-state index in [0.717, 1.165) is 27.9 Å². The molecule has 0 aliphatic rings. The van der Waals surface area contributed by atoms with Crippen molar-refractivity contribution in [2.75, 3.05) is 7.05 Å². The third-order valence-electron chi connectivity index (χ3n) is 3.35. The minimum absolute atomic E-state index is 0.639. The maximum Gasteiger partial charge on any atom is 0.416 e. The number of hydrogen-bond acceptors (Lipinski definition) is 2. The lowest BCUT2D eigenvalue weighted by Crippen LogP contribution is -2.04. The summed E-state index contributed by atoms with van der Waals surface area (Å²) in [7, 11) is 1.85. The number of aromatic nitrogens is 1. The fourth-order valence-electron chi connectivity index (χ4n) is 2.34. The molecule has 1 aromatic heterocycles. The van der Waals surface area contributed by atoms with E-state index in [9.17, 15) is 13.2 Å². The van der Waals surface area contributed by atoms with Gasteiger partial charge in [0.2, 0.25) is 0 Å². The van der Waals surface area contributed by atoms with E-state index in [0.29, 0.717) is 5.69 Å². The molecule has 3 aromatic rings. The van der Waals surface area contributed by atoms with Crippen molar-refractivity contribution in [3.05, 3.63) is 60.3 Å². The third-order valence-corrected chi connectivity index (χ3v) is 4.05. The van der Waals surface area contributed by atoms with E-state index in [4.69, 9.17) is 0 Å². The zero-order chi connectivity index (χ0) is 15.7. The van der Waals surface area contributed by atoms with Gasteiger partial charge in [-0.3, -0.25) is 4.72 Å². The highest BCUT2D eigenvalue weighted by molar-refractivity contribution is 7.97. The van der Waals surface area contributed by atoms with Crippen molar-refractivity contribution in [1.82, 2.24) is 9.29 Å². The summed E-state index contributed by atoms with van der Waals surface area (Å²) in [5, 5.41) is 1.04. The summed E-state index contributed by atoms with van der Waals surface area (Å²) >= 11 is 1.52. The number of rotatable bonds is 3. The molecule has 2 aromatic carbocycles. The number of alkyl halides is 3. The van der Waals surface area contributed by atoms with Crippen LogP contribution in [0, 0.1) is 0 Å². The molecule has 6 heteroatoms. The van der Waals surface area contributed by atoms with Crippen LogP contribution in [0.3, 0.4) is 0 Å². The summed E-state index contributed by atoms with van der Waals surface area (Å²) in [6.45, 7) is 0. The van der Waals surface area contributed by atoms with Crippen LogP contribution >= 0.6 is 11.9 Å². The second-order valence-corrected chi connectivity index (χ2v) is 5.84. The maximum absolute atomic E-state index is 12.6. The predicted octanol–water partition coefficient (Wildman–Crippen LogP) is 4.88. The number of fused-ring (bicyclic) bond motifs is 1. The van der Waals surface area contributed by atoms with Gasteiger partial charge in [0.1, 0.15) is 0 Å². The van der Waals surface area contributed by atoms with Crippen molar-refractivity contribution >= 4 is 22.9 Å². The first-order chi connectivity index (χ1) is 10.5. The van der Waals surface area contributed by atoms with E-state index in [1.807, 2.05) is 42.1 Å². The second-order valence-electron chi connectivity index (χ2n) is 4.76. The largest absolute Gasteiger partial charge is 0.416 e. The molecule has 0 atom stereocenters. The molecule has 22 heavy (non-hydrogen) atoms. The standard InChI is InChI=1S/C16H13F3N2S/c1-20-22-14-6-7-15-11(10-14)8-9-21(15)13-4-2-12(3-5-13)16(17,18)19/h2-10,20H,1H3. The molecule has 0 aliphatic carbocycles. The normalized spacial score (nSPS) is 12.0. The highest BCUT2D eigenvalue weighted by atomic mass is 32.2. The lowest BCUT2D eigenvalue weighted by Gasteiger charge is -2.09. The van der Waals surface area contributed by atoms with Crippen LogP contribution in [0.2, 0.25) is 0 Å². The topological polar surface area (TPSA) is 17.0 Å². The van der Waals surface area contributed by atoms with Crippen LogP contribution in [-0.4, -0.2) is 11.6 Å². The molecule has 0 unspecified atom stereocenters. The van der Waals surface area contributed by atoms with Gasteiger partial charge in [0, 0.05) is 22.2 Å². The van der Waals surface area contributed by atoms with Gasteiger partial charge in [-0.2, -0.15) is 13.2 Å². The zero-order valence-corrected chi connectivity index (χ0v) is 12.5. The number of benzene rings is 2. The number of nitrogens with zero attached hydrogens (tertiary/aromatic N) is 1. The first-order valence-corrected chi connectivity index (χ1v) is 7.43. The van der Waals surface area contributed by atoms with Gasteiger partial charge in [-0.05, 0) is 67.5 Å². The zero-order valence-electron chi connectivity index (χ0n) is 11.7. The Bertz CT molecular complexity index is 791. The first-order valence-electron chi connectivity index (χ1n) is 6.61. The molecule has 0 radical (unpaired) electrons. The van der Waals surface area contributed by atoms with Crippen molar-refractivity contribution in [2.24, 2.45) is 0 Å².